The van der Waals surface area contributed by atoms with Crippen LogP contribution in [-0.4, -0.2) is 26.2 Å². The molecule has 5 heteroatoms. The van der Waals surface area contributed by atoms with Crippen LogP contribution in [0.15, 0.2) is 36.4 Å². The van der Waals surface area contributed by atoms with Crippen LogP contribution in [0, 0.1) is 24.7 Å². The van der Waals surface area contributed by atoms with Gasteiger partial charge in [0.15, 0.2) is 0 Å². The summed E-state index contributed by atoms with van der Waals surface area (Å²) >= 11 is 0. The number of hydrogen-bond donors (Lipinski definition) is 1. The quantitative estimate of drug-likeness (QED) is 0.739. The van der Waals surface area contributed by atoms with Gasteiger partial charge in [0.2, 0.25) is 0 Å². The highest BCUT2D eigenvalue weighted by molar-refractivity contribution is 5.94. The largest absolute Gasteiger partial charge is 0.465 e. The maximum Gasteiger partial charge on any atom is 0.338 e. The minimum Gasteiger partial charge on any atom is -0.465 e. The Morgan fingerprint density at radius 1 is 0.933 bits per heavy atom. The summed E-state index contributed by atoms with van der Waals surface area (Å²) in [7, 11) is 2.85. The molecule has 2 fully saturated rings. The van der Waals surface area contributed by atoms with E-state index in [1.807, 2.05) is 36.4 Å². The van der Waals surface area contributed by atoms with Crippen LogP contribution in [0.1, 0.15) is 68.6 Å². The van der Waals surface area contributed by atoms with Gasteiger partial charge in [-0.05, 0) is 84.7 Å². The highest BCUT2D eigenvalue weighted by atomic mass is 16.5. The topological polar surface area (TPSA) is 64.6 Å². The molecule has 0 unspecified atom stereocenters. The number of nitrogens with one attached hydrogen (secondary N) is 1. The third-order valence-electron chi connectivity index (χ3n) is 7.55. The van der Waals surface area contributed by atoms with Gasteiger partial charge in [-0.15, -0.1) is 0 Å². The molecule has 1 N–H and O–H groups in total. The Balaban J connectivity index is 1.62. The summed E-state index contributed by atoms with van der Waals surface area (Å²) < 4.78 is 9.96. The van der Waals surface area contributed by atoms with E-state index < -0.39 is 0 Å². The molecule has 0 amide bonds. The Bertz CT molecular complexity index is 1010. The Morgan fingerprint density at radius 3 is 2.33 bits per heavy atom. The van der Waals surface area contributed by atoms with E-state index in [4.69, 9.17) is 9.47 Å². The Labute approximate surface area is 176 Å². The Hall–Kier alpha value is -2.82. The molecule has 2 saturated carbocycles. The minimum atomic E-state index is -0.320. The van der Waals surface area contributed by atoms with Gasteiger partial charge in [-0.3, -0.25) is 0 Å². The molecule has 1 heterocycles. The van der Waals surface area contributed by atoms with E-state index in [0.29, 0.717) is 34.8 Å². The van der Waals surface area contributed by atoms with Crippen molar-refractivity contribution in [3.05, 3.63) is 64.2 Å². The molecule has 0 aromatic heterocycles. The van der Waals surface area contributed by atoms with Crippen LogP contribution in [-0.2, 0) is 9.47 Å². The van der Waals surface area contributed by atoms with Gasteiger partial charge in [0.05, 0.1) is 31.4 Å². The molecule has 5 nitrogen and oxygen atoms in total. The van der Waals surface area contributed by atoms with Crippen molar-refractivity contribution in [2.24, 2.45) is 17.8 Å². The number of aryl methyl sites for hydroxylation is 1. The second kappa shape index (κ2) is 7.15. The maximum atomic E-state index is 12.6. The minimum absolute atomic E-state index is 0.163. The van der Waals surface area contributed by atoms with E-state index in [1.54, 1.807) is 0 Å². The van der Waals surface area contributed by atoms with Crippen LogP contribution >= 0.6 is 0 Å². The van der Waals surface area contributed by atoms with E-state index >= 15 is 0 Å². The monoisotopic (exact) mass is 405 g/mol. The predicted octanol–water partition coefficient (Wildman–Crippen LogP) is 4.86. The average Bonchev–Trinajstić information content (AvgIpc) is 3.41. The number of rotatable bonds is 3. The standard InChI is InChI=1S/C25H27NO4/c1-13-4-11-18(25(28)30-3)21-19-16-9-10-17(12-16)20(19)23(26-22(13)21)14-5-7-15(8-6-14)24(27)29-2/h4-8,11,16-17,19-20,23,26H,9-10,12H2,1-3H3/t16-,17-,19-,20+,23-/m0/s1. The second-order valence-electron chi connectivity index (χ2n) is 8.88. The molecule has 0 spiro atoms. The lowest BCUT2D eigenvalue weighted by molar-refractivity contribution is 0.0590. The zero-order valence-electron chi connectivity index (χ0n) is 17.6. The summed E-state index contributed by atoms with van der Waals surface area (Å²) in [5, 5.41) is 3.80. The lowest BCUT2D eigenvalue weighted by atomic mass is 9.66. The van der Waals surface area contributed by atoms with Gasteiger partial charge in [-0.25, -0.2) is 9.59 Å². The maximum absolute atomic E-state index is 12.6. The number of fused-ring (bicyclic) bond motifs is 7. The van der Waals surface area contributed by atoms with Crippen molar-refractivity contribution in [2.45, 2.75) is 38.1 Å². The van der Waals surface area contributed by atoms with Gasteiger partial charge in [0.25, 0.3) is 0 Å². The molecule has 2 aromatic carbocycles. The van der Waals surface area contributed by atoms with Crippen LogP contribution in [0.4, 0.5) is 5.69 Å². The number of ether oxygens (including phenoxy) is 2. The van der Waals surface area contributed by atoms with Crippen LogP contribution in [0.5, 0.6) is 0 Å². The van der Waals surface area contributed by atoms with Crippen molar-refractivity contribution in [1.29, 1.82) is 0 Å². The first-order chi connectivity index (χ1) is 14.5. The van der Waals surface area contributed by atoms with Crippen molar-refractivity contribution < 1.29 is 19.1 Å². The normalized spacial score (nSPS) is 28.3. The molecule has 3 aliphatic rings. The third kappa shape index (κ3) is 2.75. The molecular formula is C25H27NO4. The lowest BCUT2D eigenvalue weighted by Gasteiger charge is -2.44. The molecule has 0 saturated heterocycles. The first-order valence-corrected chi connectivity index (χ1v) is 10.7. The predicted molar refractivity (Wildman–Crippen MR) is 114 cm³/mol. The van der Waals surface area contributed by atoms with Gasteiger partial charge < -0.3 is 14.8 Å². The summed E-state index contributed by atoms with van der Waals surface area (Å²) in [6.07, 6.45) is 3.70. The van der Waals surface area contributed by atoms with Gasteiger partial charge in [0.1, 0.15) is 0 Å². The molecule has 5 atom stereocenters. The van der Waals surface area contributed by atoms with Crippen molar-refractivity contribution >= 4 is 17.6 Å². The number of esters is 2. The van der Waals surface area contributed by atoms with Crippen molar-refractivity contribution in [2.75, 3.05) is 19.5 Å². The van der Waals surface area contributed by atoms with E-state index in [1.165, 1.54) is 39.0 Å². The zero-order chi connectivity index (χ0) is 21.0. The molecular weight excluding hydrogens is 378 g/mol. The SMILES string of the molecule is COC(=O)c1ccc([C@@H]2Nc3c(C)ccc(C(=O)OC)c3[C@H]3[C@H]4CC[C@@H](C4)[C@H]32)cc1. The molecule has 2 aliphatic carbocycles. The first kappa shape index (κ1) is 19.2. The van der Waals surface area contributed by atoms with Gasteiger partial charge in [-0.1, -0.05) is 18.2 Å². The van der Waals surface area contributed by atoms with Crippen molar-refractivity contribution in [3.8, 4) is 0 Å². The molecule has 5 rings (SSSR count). The van der Waals surface area contributed by atoms with Crippen LogP contribution in [0.3, 0.4) is 0 Å². The number of hydrogen-bond acceptors (Lipinski definition) is 5. The van der Waals surface area contributed by atoms with Crippen LogP contribution in [0.2, 0.25) is 0 Å². The summed E-state index contributed by atoms with van der Waals surface area (Å²) in [6.45, 7) is 2.10. The molecule has 30 heavy (non-hydrogen) atoms. The molecule has 2 aromatic rings. The van der Waals surface area contributed by atoms with E-state index in [-0.39, 0.29) is 18.0 Å². The summed E-state index contributed by atoms with van der Waals surface area (Å²) in [6, 6.07) is 11.9. The third-order valence-corrected chi connectivity index (χ3v) is 7.55. The number of methoxy groups -OCH3 is 2. The number of carbonyl (C=O) groups excluding carboxylic acids is 2. The summed E-state index contributed by atoms with van der Waals surface area (Å²) in [5.74, 6) is 1.49. The Kier molecular flexibility index (Phi) is 4.57. The van der Waals surface area contributed by atoms with E-state index in [9.17, 15) is 9.59 Å². The van der Waals surface area contributed by atoms with E-state index in [2.05, 4.69) is 12.2 Å². The fourth-order valence-corrected chi connectivity index (χ4v) is 6.30. The first-order valence-electron chi connectivity index (χ1n) is 10.7. The number of anilines is 1. The van der Waals surface area contributed by atoms with Crippen molar-refractivity contribution in [1.82, 2.24) is 0 Å². The molecule has 2 bridgehead atoms. The van der Waals surface area contributed by atoms with Gasteiger partial charge in [0, 0.05) is 5.69 Å². The smallest absolute Gasteiger partial charge is 0.338 e. The average molecular weight is 405 g/mol. The highest BCUT2D eigenvalue weighted by Crippen LogP contribution is 2.64. The fraction of sp³-hybridized carbons (Fsp3) is 0.440. The number of benzene rings is 2. The molecule has 156 valence electrons. The summed E-state index contributed by atoms with van der Waals surface area (Å²) in [4.78, 5) is 24.4. The van der Waals surface area contributed by atoms with Gasteiger partial charge in [-0.2, -0.15) is 0 Å². The summed E-state index contributed by atoms with van der Waals surface area (Å²) in [5.41, 5.74) is 5.82. The van der Waals surface area contributed by atoms with Crippen LogP contribution < -0.4 is 5.32 Å². The van der Waals surface area contributed by atoms with Crippen LogP contribution in [0.25, 0.3) is 0 Å². The molecule has 0 radical (unpaired) electrons. The zero-order valence-corrected chi connectivity index (χ0v) is 17.6. The highest BCUT2D eigenvalue weighted by Gasteiger charge is 2.55. The van der Waals surface area contributed by atoms with Gasteiger partial charge >= 0.3 is 11.9 Å². The Morgan fingerprint density at radius 2 is 1.63 bits per heavy atom. The fourth-order valence-electron chi connectivity index (χ4n) is 6.30. The second-order valence-corrected chi connectivity index (χ2v) is 8.88. The van der Waals surface area contributed by atoms with Crippen molar-refractivity contribution in [3.63, 3.8) is 0 Å². The molecule has 1 aliphatic heterocycles. The lowest BCUT2D eigenvalue weighted by Crippen LogP contribution is -2.37. The van der Waals surface area contributed by atoms with E-state index in [0.717, 1.165) is 16.8 Å². The number of carbonyl (C=O) groups is 2.